The van der Waals surface area contributed by atoms with Gasteiger partial charge in [0.25, 0.3) is 0 Å². The number of benzene rings is 1. The van der Waals surface area contributed by atoms with Gasteiger partial charge in [-0.1, -0.05) is 12.1 Å². The number of nitrogens with one attached hydrogen (secondary N) is 1. The van der Waals surface area contributed by atoms with E-state index in [1.54, 1.807) is 17.4 Å². The number of pyridine rings is 1. The molecule has 16 heavy (non-hydrogen) atoms. The number of aromatic amines is 1. The van der Waals surface area contributed by atoms with Gasteiger partial charge in [-0.3, -0.25) is 4.79 Å². The molecule has 3 rings (SSSR count). The Morgan fingerprint density at radius 3 is 2.81 bits per heavy atom. The van der Waals surface area contributed by atoms with Gasteiger partial charge in [0.15, 0.2) is 0 Å². The Morgan fingerprint density at radius 2 is 2.00 bits per heavy atom. The molecular weight excluding hydrogens is 218 g/mol. The van der Waals surface area contributed by atoms with Crippen LogP contribution in [-0.2, 0) is 0 Å². The van der Waals surface area contributed by atoms with E-state index in [0.717, 1.165) is 10.9 Å². The second-order valence-electron chi connectivity index (χ2n) is 3.60. The van der Waals surface area contributed by atoms with Gasteiger partial charge in [-0.2, -0.15) is 0 Å². The van der Waals surface area contributed by atoms with Gasteiger partial charge >= 0.3 is 0 Å². The van der Waals surface area contributed by atoms with Gasteiger partial charge in [-0.25, -0.2) is 0 Å². The van der Waals surface area contributed by atoms with E-state index in [0.29, 0.717) is 0 Å². The van der Waals surface area contributed by atoms with Crippen LogP contribution in [0, 0.1) is 0 Å². The molecule has 0 bridgehead atoms. The van der Waals surface area contributed by atoms with Gasteiger partial charge in [-0.15, -0.1) is 11.3 Å². The minimum atomic E-state index is -0.0589. The SMILES string of the molecule is O=c1ccc2cc(-c3cccs3)ccc2[nH]1. The maximum Gasteiger partial charge on any atom is 0.248 e. The molecule has 1 aromatic carbocycles. The van der Waals surface area contributed by atoms with Crippen LogP contribution in [0.5, 0.6) is 0 Å². The van der Waals surface area contributed by atoms with Crippen LogP contribution < -0.4 is 5.56 Å². The standard InChI is InChI=1S/C13H9NOS/c15-13-6-4-9-8-10(3-5-11(9)14-13)12-2-1-7-16-12/h1-8H,(H,14,15). The van der Waals surface area contributed by atoms with Gasteiger partial charge < -0.3 is 4.98 Å². The molecule has 78 valence electrons. The third-order valence-electron chi connectivity index (χ3n) is 2.53. The number of H-pyrrole nitrogens is 1. The van der Waals surface area contributed by atoms with Crippen LogP contribution in [0.15, 0.2) is 52.6 Å². The topological polar surface area (TPSA) is 32.9 Å². The van der Waals surface area contributed by atoms with E-state index in [1.165, 1.54) is 10.4 Å². The molecule has 0 spiro atoms. The van der Waals surface area contributed by atoms with E-state index in [1.807, 2.05) is 24.3 Å². The first-order valence-corrected chi connectivity index (χ1v) is 5.88. The molecule has 0 saturated carbocycles. The maximum atomic E-state index is 11.1. The van der Waals surface area contributed by atoms with Crippen molar-refractivity contribution in [2.75, 3.05) is 0 Å². The predicted octanol–water partition coefficient (Wildman–Crippen LogP) is 3.26. The highest BCUT2D eigenvalue weighted by atomic mass is 32.1. The van der Waals surface area contributed by atoms with Crippen molar-refractivity contribution < 1.29 is 0 Å². The number of aromatic nitrogens is 1. The number of hydrogen-bond donors (Lipinski definition) is 1. The summed E-state index contributed by atoms with van der Waals surface area (Å²) in [6.45, 7) is 0. The zero-order chi connectivity index (χ0) is 11.0. The number of rotatable bonds is 1. The predicted molar refractivity (Wildman–Crippen MR) is 67.9 cm³/mol. The summed E-state index contributed by atoms with van der Waals surface area (Å²) >= 11 is 1.72. The average molecular weight is 227 g/mol. The van der Waals surface area contributed by atoms with Crippen LogP contribution >= 0.6 is 11.3 Å². The fourth-order valence-electron chi connectivity index (χ4n) is 1.75. The minimum Gasteiger partial charge on any atom is -0.322 e. The lowest BCUT2D eigenvalue weighted by Gasteiger charge is -2.00. The Balaban J connectivity index is 2.24. The minimum absolute atomic E-state index is 0.0589. The van der Waals surface area contributed by atoms with E-state index in [-0.39, 0.29) is 5.56 Å². The van der Waals surface area contributed by atoms with Gasteiger partial charge in [-0.05, 0) is 40.6 Å². The van der Waals surface area contributed by atoms with E-state index >= 15 is 0 Å². The first kappa shape index (κ1) is 9.36. The van der Waals surface area contributed by atoms with E-state index in [4.69, 9.17) is 0 Å². The Hall–Kier alpha value is -1.87. The van der Waals surface area contributed by atoms with Crippen molar-refractivity contribution in [3.63, 3.8) is 0 Å². The monoisotopic (exact) mass is 227 g/mol. The second kappa shape index (κ2) is 3.61. The van der Waals surface area contributed by atoms with Crippen LogP contribution in [-0.4, -0.2) is 4.98 Å². The molecule has 0 aliphatic rings. The van der Waals surface area contributed by atoms with Crippen molar-refractivity contribution in [1.29, 1.82) is 0 Å². The highest BCUT2D eigenvalue weighted by Crippen LogP contribution is 2.26. The van der Waals surface area contributed by atoms with Crippen LogP contribution in [0.2, 0.25) is 0 Å². The fourth-order valence-corrected chi connectivity index (χ4v) is 2.47. The summed E-state index contributed by atoms with van der Waals surface area (Å²) in [7, 11) is 0. The lowest BCUT2D eigenvalue weighted by atomic mass is 10.1. The summed E-state index contributed by atoms with van der Waals surface area (Å²) in [5, 5.41) is 3.12. The molecule has 0 atom stereocenters. The summed E-state index contributed by atoms with van der Waals surface area (Å²) < 4.78 is 0. The smallest absolute Gasteiger partial charge is 0.248 e. The van der Waals surface area contributed by atoms with Crippen LogP contribution in [0.3, 0.4) is 0 Å². The Kier molecular flexibility index (Phi) is 2.11. The molecule has 0 saturated heterocycles. The van der Waals surface area contributed by atoms with Crippen LogP contribution in [0.4, 0.5) is 0 Å². The lowest BCUT2D eigenvalue weighted by molar-refractivity contribution is 1.31. The maximum absolute atomic E-state index is 11.1. The molecule has 1 N–H and O–H groups in total. The molecule has 0 radical (unpaired) electrons. The fraction of sp³-hybridized carbons (Fsp3) is 0. The van der Waals surface area contributed by atoms with Gasteiger partial charge in [0, 0.05) is 16.5 Å². The van der Waals surface area contributed by atoms with Gasteiger partial charge in [0.2, 0.25) is 5.56 Å². The zero-order valence-corrected chi connectivity index (χ0v) is 9.25. The summed E-state index contributed by atoms with van der Waals surface area (Å²) in [5.74, 6) is 0. The normalized spacial score (nSPS) is 10.8. The summed E-state index contributed by atoms with van der Waals surface area (Å²) in [4.78, 5) is 15.2. The van der Waals surface area contributed by atoms with Crippen molar-refractivity contribution in [3.8, 4) is 10.4 Å². The number of thiophene rings is 1. The highest BCUT2D eigenvalue weighted by Gasteiger charge is 2.00. The van der Waals surface area contributed by atoms with Crippen molar-refractivity contribution in [2.24, 2.45) is 0 Å². The van der Waals surface area contributed by atoms with Crippen molar-refractivity contribution in [1.82, 2.24) is 4.98 Å². The first-order chi connectivity index (χ1) is 7.83. The molecule has 0 fully saturated rings. The number of hydrogen-bond acceptors (Lipinski definition) is 2. The van der Waals surface area contributed by atoms with Crippen LogP contribution in [0.1, 0.15) is 0 Å². The molecule has 0 aliphatic heterocycles. The molecular formula is C13H9NOS. The molecule has 3 heteroatoms. The Morgan fingerprint density at radius 1 is 1.06 bits per heavy atom. The summed E-state index contributed by atoms with van der Waals surface area (Å²) in [6, 6.07) is 13.6. The zero-order valence-electron chi connectivity index (χ0n) is 8.44. The Bertz CT molecular complexity index is 682. The molecule has 0 amide bonds. The largest absolute Gasteiger partial charge is 0.322 e. The van der Waals surface area contributed by atoms with E-state index < -0.39 is 0 Å². The van der Waals surface area contributed by atoms with Crippen LogP contribution in [0.25, 0.3) is 21.3 Å². The van der Waals surface area contributed by atoms with Gasteiger partial charge in [0.1, 0.15) is 0 Å². The molecule has 0 unspecified atom stereocenters. The van der Waals surface area contributed by atoms with Crippen molar-refractivity contribution in [3.05, 3.63) is 58.2 Å². The highest BCUT2D eigenvalue weighted by molar-refractivity contribution is 7.13. The molecule has 3 aromatic rings. The average Bonchev–Trinajstić information content (AvgIpc) is 2.82. The molecule has 2 nitrogen and oxygen atoms in total. The molecule has 0 aliphatic carbocycles. The third-order valence-corrected chi connectivity index (χ3v) is 3.45. The summed E-state index contributed by atoms with van der Waals surface area (Å²) in [6.07, 6.45) is 0. The third kappa shape index (κ3) is 1.55. The molecule has 2 heterocycles. The number of fused-ring (bicyclic) bond motifs is 1. The van der Waals surface area contributed by atoms with E-state index in [9.17, 15) is 4.79 Å². The summed E-state index contributed by atoms with van der Waals surface area (Å²) in [5.41, 5.74) is 2.01. The first-order valence-electron chi connectivity index (χ1n) is 5.00. The Labute approximate surface area is 96.2 Å². The van der Waals surface area contributed by atoms with E-state index in [2.05, 4.69) is 22.5 Å². The van der Waals surface area contributed by atoms with Gasteiger partial charge in [0.05, 0.1) is 0 Å². The lowest BCUT2D eigenvalue weighted by Crippen LogP contribution is -2.01. The molecule has 2 aromatic heterocycles. The second-order valence-corrected chi connectivity index (χ2v) is 4.55. The van der Waals surface area contributed by atoms with Crippen molar-refractivity contribution in [2.45, 2.75) is 0 Å². The van der Waals surface area contributed by atoms with Crippen molar-refractivity contribution >= 4 is 22.2 Å². The quantitative estimate of drug-likeness (QED) is 0.680.